The Morgan fingerprint density at radius 1 is 1.15 bits per heavy atom. The number of ether oxygens (including phenoxy) is 2. The third kappa shape index (κ3) is 6.71. The fourth-order valence-corrected chi connectivity index (χ4v) is 9.66. The van der Waals surface area contributed by atoms with Gasteiger partial charge in [-0.25, -0.2) is 0 Å². The van der Waals surface area contributed by atoms with E-state index in [1.165, 1.54) is 0 Å². The molecule has 0 aromatic rings. The molecule has 0 radical (unpaired) electrons. The van der Waals surface area contributed by atoms with E-state index >= 15 is 0 Å². The summed E-state index contributed by atoms with van der Waals surface area (Å²) in [6, 6.07) is -0.619. The summed E-state index contributed by atoms with van der Waals surface area (Å²) in [6.45, 7) is 15.5. The van der Waals surface area contributed by atoms with Gasteiger partial charge in [0.1, 0.15) is 6.04 Å². The van der Waals surface area contributed by atoms with Gasteiger partial charge in [-0.15, -0.1) is 24.9 Å². The van der Waals surface area contributed by atoms with Crippen molar-refractivity contribution in [3.8, 4) is 0 Å². The Balaban J connectivity index is 1.59. The first-order valence-corrected chi connectivity index (χ1v) is 16.3. The molecule has 4 aliphatic heterocycles. The molecule has 0 saturated carbocycles. The smallest absolute Gasteiger partial charge is 0.310 e. The van der Waals surface area contributed by atoms with Crippen molar-refractivity contribution in [2.24, 2.45) is 17.8 Å². The normalized spacial score (nSPS) is 30.8. The third-order valence-corrected chi connectivity index (χ3v) is 11.4. The summed E-state index contributed by atoms with van der Waals surface area (Å²) in [5.74, 6) is -1.37. The molecule has 230 valence electrons. The summed E-state index contributed by atoms with van der Waals surface area (Å²) in [7, 11) is 0. The molecule has 3 unspecified atom stereocenters. The number of fused-ring (bicyclic) bond motifs is 1. The van der Waals surface area contributed by atoms with Crippen LogP contribution in [-0.4, -0.2) is 119 Å². The summed E-state index contributed by atoms with van der Waals surface area (Å²) in [5, 5.41) is 9.17. The van der Waals surface area contributed by atoms with Crippen LogP contribution in [0, 0.1) is 17.8 Å². The highest BCUT2D eigenvalue weighted by Gasteiger charge is 2.76. The second-order valence-corrected chi connectivity index (χ2v) is 13.4. The molecule has 1 spiro atoms. The lowest BCUT2D eigenvalue weighted by Crippen LogP contribution is -2.58. The summed E-state index contributed by atoms with van der Waals surface area (Å²) < 4.78 is 10.5. The van der Waals surface area contributed by atoms with Crippen molar-refractivity contribution in [2.45, 2.75) is 67.9 Å². The SMILES string of the molecule is C=CCCCOC(=O)[C@@H]1[C@H]2C(=O)N(CCCCCCO)C(C(=O)N(CC=C)CCN3CCOCC3)C23S[C@@H]1CC3C. The lowest BCUT2D eigenvalue weighted by molar-refractivity contribution is -0.154. The van der Waals surface area contributed by atoms with Crippen LogP contribution in [0.4, 0.5) is 0 Å². The minimum Gasteiger partial charge on any atom is -0.465 e. The predicted octanol–water partition coefficient (Wildman–Crippen LogP) is 2.73. The average Bonchev–Trinajstić information content (AvgIpc) is 3.57. The van der Waals surface area contributed by atoms with E-state index in [9.17, 15) is 19.5 Å². The lowest BCUT2D eigenvalue weighted by Gasteiger charge is -2.41. The number of carbonyl (C=O) groups excluding carboxylic acids is 3. The second kappa shape index (κ2) is 15.0. The van der Waals surface area contributed by atoms with Crippen LogP contribution in [0.1, 0.15) is 51.9 Å². The molecular formula is C31H49N3O6S. The van der Waals surface area contributed by atoms with Crippen LogP contribution >= 0.6 is 11.8 Å². The molecule has 4 fully saturated rings. The highest BCUT2D eigenvalue weighted by molar-refractivity contribution is 8.02. The Kier molecular flexibility index (Phi) is 11.7. The molecule has 2 bridgehead atoms. The van der Waals surface area contributed by atoms with Crippen LogP contribution in [0.3, 0.4) is 0 Å². The van der Waals surface area contributed by atoms with Gasteiger partial charge in [-0.3, -0.25) is 19.3 Å². The van der Waals surface area contributed by atoms with E-state index in [-0.39, 0.29) is 35.6 Å². The van der Waals surface area contributed by atoms with Crippen LogP contribution in [0.2, 0.25) is 0 Å². The van der Waals surface area contributed by atoms with E-state index in [0.29, 0.717) is 45.9 Å². The zero-order valence-electron chi connectivity index (χ0n) is 24.7. The Morgan fingerprint density at radius 3 is 2.61 bits per heavy atom. The van der Waals surface area contributed by atoms with Gasteiger partial charge in [0.25, 0.3) is 0 Å². The standard InChI is InChI=1S/C31H49N3O6S/c1-4-6-11-19-40-30(38)25-24-22-23(3)31(41-24)26(25)28(36)34(13-9-7-8-10-18-35)27(31)29(37)33(12-5-2)15-14-32-16-20-39-21-17-32/h4-5,23-27,35H,1-2,6-22H2,3H3/t23?,24-,25+,26+,27?,31?/m1/s1. The fraction of sp³-hybridized carbons (Fsp3) is 0.774. The lowest BCUT2D eigenvalue weighted by atomic mass is 9.66. The van der Waals surface area contributed by atoms with Crippen LogP contribution in [0.25, 0.3) is 0 Å². The van der Waals surface area contributed by atoms with Crippen LogP contribution in [-0.2, 0) is 23.9 Å². The van der Waals surface area contributed by atoms with Crippen molar-refractivity contribution in [3.63, 3.8) is 0 Å². The van der Waals surface area contributed by atoms with Crippen LogP contribution in [0.5, 0.6) is 0 Å². The van der Waals surface area contributed by atoms with Crippen molar-refractivity contribution in [1.82, 2.24) is 14.7 Å². The number of aliphatic hydroxyl groups is 1. The maximum absolute atomic E-state index is 14.6. The van der Waals surface area contributed by atoms with Gasteiger partial charge in [0.2, 0.25) is 11.8 Å². The molecule has 10 heteroatoms. The van der Waals surface area contributed by atoms with Crippen molar-refractivity contribution < 1.29 is 29.0 Å². The van der Waals surface area contributed by atoms with Gasteiger partial charge in [0.05, 0.1) is 36.4 Å². The molecule has 9 nitrogen and oxygen atoms in total. The number of unbranched alkanes of at least 4 members (excludes halogenated alkanes) is 4. The molecule has 4 heterocycles. The van der Waals surface area contributed by atoms with Gasteiger partial charge in [-0.1, -0.05) is 31.9 Å². The average molecular weight is 592 g/mol. The van der Waals surface area contributed by atoms with Gasteiger partial charge in [0, 0.05) is 51.1 Å². The minimum atomic E-state index is -0.646. The highest BCUT2D eigenvalue weighted by atomic mass is 32.2. The molecule has 0 aromatic carbocycles. The third-order valence-electron chi connectivity index (χ3n) is 9.31. The van der Waals surface area contributed by atoms with E-state index < -0.39 is 22.6 Å². The number of esters is 1. The van der Waals surface area contributed by atoms with E-state index in [2.05, 4.69) is 25.0 Å². The topological polar surface area (TPSA) is 99.6 Å². The number of amides is 2. The largest absolute Gasteiger partial charge is 0.465 e. The predicted molar refractivity (Wildman–Crippen MR) is 160 cm³/mol. The van der Waals surface area contributed by atoms with Gasteiger partial charge >= 0.3 is 5.97 Å². The van der Waals surface area contributed by atoms with Crippen molar-refractivity contribution in [1.29, 1.82) is 0 Å². The number of nitrogens with zero attached hydrogens (tertiary/aromatic N) is 3. The number of aliphatic hydroxyl groups excluding tert-OH is 1. The van der Waals surface area contributed by atoms with Crippen LogP contribution in [0.15, 0.2) is 25.3 Å². The summed E-state index contributed by atoms with van der Waals surface area (Å²) in [4.78, 5) is 48.2. The monoisotopic (exact) mass is 591 g/mol. The number of allylic oxidation sites excluding steroid dienone is 1. The number of hydrogen-bond acceptors (Lipinski definition) is 8. The van der Waals surface area contributed by atoms with Gasteiger partial charge in [0.15, 0.2) is 0 Å². The first-order chi connectivity index (χ1) is 19.9. The number of rotatable bonds is 17. The fourth-order valence-electron chi connectivity index (χ4n) is 7.26. The number of likely N-dealkylation sites (tertiary alicyclic amines) is 1. The van der Waals surface area contributed by atoms with E-state index in [1.54, 1.807) is 28.8 Å². The number of hydrogen-bond donors (Lipinski definition) is 1. The molecule has 1 N–H and O–H groups in total. The Morgan fingerprint density at radius 2 is 1.90 bits per heavy atom. The second-order valence-electron chi connectivity index (χ2n) is 11.8. The van der Waals surface area contributed by atoms with E-state index in [0.717, 1.165) is 58.2 Å². The molecule has 4 aliphatic rings. The highest BCUT2D eigenvalue weighted by Crippen LogP contribution is 2.68. The number of carbonyl (C=O) groups is 3. The first kappa shape index (κ1) is 32.0. The number of morpholine rings is 1. The summed E-state index contributed by atoms with van der Waals surface area (Å²) in [6.07, 6.45) is 9.07. The Labute approximate surface area is 249 Å². The molecule has 0 aromatic heterocycles. The van der Waals surface area contributed by atoms with Gasteiger partial charge in [-0.2, -0.15) is 0 Å². The molecular weight excluding hydrogens is 542 g/mol. The molecule has 4 rings (SSSR count). The molecule has 0 aliphatic carbocycles. The first-order valence-electron chi connectivity index (χ1n) is 15.5. The Bertz CT molecular complexity index is 943. The molecule has 41 heavy (non-hydrogen) atoms. The maximum atomic E-state index is 14.6. The molecule has 2 amide bonds. The van der Waals surface area contributed by atoms with Crippen LogP contribution < -0.4 is 0 Å². The van der Waals surface area contributed by atoms with Crippen molar-refractivity contribution in [3.05, 3.63) is 25.3 Å². The van der Waals surface area contributed by atoms with Crippen molar-refractivity contribution in [2.75, 3.05) is 65.7 Å². The van der Waals surface area contributed by atoms with Gasteiger partial charge < -0.3 is 24.4 Å². The Hall–Kier alpha value is -1.88. The van der Waals surface area contributed by atoms with Gasteiger partial charge in [-0.05, 0) is 38.0 Å². The van der Waals surface area contributed by atoms with E-state index in [4.69, 9.17) is 9.47 Å². The number of thioether (sulfide) groups is 1. The zero-order chi connectivity index (χ0) is 29.4. The zero-order valence-corrected chi connectivity index (χ0v) is 25.5. The van der Waals surface area contributed by atoms with E-state index in [1.807, 2.05) is 4.90 Å². The molecule has 4 saturated heterocycles. The summed E-state index contributed by atoms with van der Waals surface area (Å²) in [5.41, 5.74) is 0. The minimum absolute atomic E-state index is 0.0194. The summed E-state index contributed by atoms with van der Waals surface area (Å²) >= 11 is 1.70. The molecule has 6 atom stereocenters. The quantitative estimate of drug-likeness (QED) is 0.157. The maximum Gasteiger partial charge on any atom is 0.310 e. The van der Waals surface area contributed by atoms with Crippen molar-refractivity contribution >= 4 is 29.5 Å².